The van der Waals surface area contributed by atoms with E-state index >= 15 is 0 Å². The molecule has 2 aromatic rings. The zero-order valence-corrected chi connectivity index (χ0v) is 9.78. The minimum absolute atomic E-state index is 0.271. The van der Waals surface area contributed by atoms with Crippen molar-refractivity contribution in [3.05, 3.63) is 52.2 Å². The van der Waals surface area contributed by atoms with Gasteiger partial charge in [-0.1, -0.05) is 6.07 Å². The number of aldehydes is 1. The van der Waals surface area contributed by atoms with Gasteiger partial charge in [0.2, 0.25) is 0 Å². The van der Waals surface area contributed by atoms with E-state index in [1.165, 1.54) is 11.3 Å². The van der Waals surface area contributed by atoms with Crippen LogP contribution in [-0.4, -0.2) is 12.3 Å². The maximum atomic E-state index is 11.5. The van der Waals surface area contributed by atoms with E-state index in [0.29, 0.717) is 11.3 Å². The molecule has 86 valence electrons. The lowest BCUT2D eigenvalue weighted by molar-refractivity contribution is -0.133. The molecule has 0 spiro atoms. The van der Waals surface area contributed by atoms with Crippen LogP contribution >= 0.6 is 11.3 Å². The summed E-state index contributed by atoms with van der Waals surface area (Å²) in [6, 6.07) is 10.2. The Morgan fingerprint density at radius 1 is 1.24 bits per heavy atom. The van der Waals surface area contributed by atoms with E-state index in [1.807, 2.05) is 17.5 Å². The number of carbonyl (C=O) groups excluding carboxylic acids is 2. The molecule has 0 saturated carbocycles. The van der Waals surface area contributed by atoms with Gasteiger partial charge in [0, 0.05) is 10.4 Å². The van der Waals surface area contributed by atoms with Gasteiger partial charge in [0.25, 0.3) is 0 Å². The second kappa shape index (κ2) is 5.41. The van der Waals surface area contributed by atoms with Crippen molar-refractivity contribution in [3.63, 3.8) is 0 Å². The normalized spacial score (nSPS) is 9.88. The molecule has 0 unspecified atom stereocenters. The first-order valence-corrected chi connectivity index (χ1v) is 5.94. The Bertz CT molecular complexity index is 500. The van der Waals surface area contributed by atoms with Crippen molar-refractivity contribution >= 4 is 23.6 Å². The predicted octanol–water partition coefficient (Wildman–Crippen LogP) is 2.71. The monoisotopic (exact) mass is 246 g/mol. The fraction of sp³-hybridized carbons (Fsp3) is 0.0769. The van der Waals surface area contributed by atoms with E-state index in [2.05, 4.69) is 0 Å². The molecule has 0 fully saturated rings. The van der Waals surface area contributed by atoms with Gasteiger partial charge in [-0.25, -0.2) is 0 Å². The Morgan fingerprint density at radius 3 is 2.59 bits per heavy atom. The lowest BCUT2D eigenvalue weighted by Gasteiger charge is -2.03. The smallest absolute Gasteiger partial charge is 0.316 e. The Balaban J connectivity index is 1.95. The predicted molar refractivity (Wildman–Crippen MR) is 65.5 cm³/mol. The minimum Gasteiger partial charge on any atom is -0.426 e. The molecule has 0 aliphatic rings. The van der Waals surface area contributed by atoms with Crippen molar-refractivity contribution in [1.29, 1.82) is 0 Å². The molecule has 0 radical (unpaired) electrons. The molecule has 0 N–H and O–H groups in total. The molecule has 0 aliphatic carbocycles. The largest absolute Gasteiger partial charge is 0.426 e. The van der Waals surface area contributed by atoms with Crippen LogP contribution in [0.4, 0.5) is 0 Å². The number of thiophene rings is 1. The van der Waals surface area contributed by atoms with Gasteiger partial charge in [0.15, 0.2) is 0 Å². The fourth-order valence-corrected chi connectivity index (χ4v) is 2.03. The summed E-state index contributed by atoms with van der Waals surface area (Å²) in [7, 11) is 0. The van der Waals surface area contributed by atoms with Crippen LogP contribution in [0.15, 0.2) is 41.8 Å². The molecule has 4 heteroatoms. The van der Waals surface area contributed by atoms with Crippen molar-refractivity contribution in [3.8, 4) is 5.75 Å². The molecular weight excluding hydrogens is 236 g/mol. The van der Waals surface area contributed by atoms with Crippen molar-refractivity contribution in [2.75, 3.05) is 0 Å². The summed E-state index contributed by atoms with van der Waals surface area (Å²) in [6.07, 6.45) is 1.02. The maximum Gasteiger partial charge on any atom is 0.316 e. The third-order valence-corrected chi connectivity index (χ3v) is 3.02. The number of hydrogen-bond acceptors (Lipinski definition) is 4. The van der Waals surface area contributed by atoms with Gasteiger partial charge in [-0.2, -0.15) is 0 Å². The standard InChI is InChI=1S/C13H10O3S/c14-9-10-3-5-11(6-4-10)16-13(15)8-12-2-1-7-17-12/h1-7,9H,8H2. The van der Waals surface area contributed by atoms with Crippen molar-refractivity contribution in [2.24, 2.45) is 0 Å². The second-order valence-corrected chi connectivity index (χ2v) is 4.45. The summed E-state index contributed by atoms with van der Waals surface area (Å²) in [6.45, 7) is 0. The molecule has 3 nitrogen and oxygen atoms in total. The van der Waals surface area contributed by atoms with E-state index in [-0.39, 0.29) is 12.4 Å². The van der Waals surface area contributed by atoms with E-state index in [9.17, 15) is 9.59 Å². The molecule has 0 saturated heterocycles. The van der Waals surface area contributed by atoms with Gasteiger partial charge in [-0.05, 0) is 35.7 Å². The van der Waals surface area contributed by atoms with Crippen LogP contribution in [-0.2, 0) is 11.2 Å². The lowest BCUT2D eigenvalue weighted by Crippen LogP contribution is -2.10. The van der Waals surface area contributed by atoms with Crippen LogP contribution in [0, 0.1) is 0 Å². The van der Waals surface area contributed by atoms with E-state index in [4.69, 9.17) is 4.74 Å². The van der Waals surface area contributed by atoms with Crippen LogP contribution in [0.25, 0.3) is 0 Å². The van der Waals surface area contributed by atoms with Crippen molar-refractivity contribution in [2.45, 2.75) is 6.42 Å². The van der Waals surface area contributed by atoms with Gasteiger partial charge in [0.1, 0.15) is 12.0 Å². The van der Waals surface area contributed by atoms with Gasteiger partial charge >= 0.3 is 5.97 Å². The summed E-state index contributed by atoms with van der Waals surface area (Å²) < 4.78 is 5.14. The van der Waals surface area contributed by atoms with Crippen LogP contribution in [0.2, 0.25) is 0 Å². The van der Waals surface area contributed by atoms with Gasteiger partial charge in [-0.15, -0.1) is 11.3 Å². The van der Waals surface area contributed by atoms with Crippen LogP contribution in [0.3, 0.4) is 0 Å². The number of esters is 1. The number of carbonyl (C=O) groups is 2. The molecular formula is C13H10O3S. The molecule has 2 rings (SSSR count). The van der Waals surface area contributed by atoms with Gasteiger partial charge in [0.05, 0.1) is 6.42 Å². The topological polar surface area (TPSA) is 43.4 Å². The molecule has 0 amide bonds. The molecule has 17 heavy (non-hydrogen) atoms. The third kappa shape index (κ3) is 3.26. The summed E-state index contributed by atoms with van der Waals surface area (Å²) in [5.74, 6) is 0.156. The average Bonchev–Trinajstić information content (AvgIpc) is 2.82. The first kappa shape index (κ1) is 11.5. The molecule has 0 bridgehead atoms. The third-order valence-electron chi connectivity index (χ3n) is 2.15. The average molecular weight is 246 g/mol. The zero-order valence-electron chi connectivity index (χ0n) is 8.96. The summed E-state index contributed by atoms with van der Waals surface area (Å²) in [5.41, 5.74) is 0.558. The Kier molecular flexibility index (Phi) is 3.67. The van der Waals surface area contributed by atoms with Gasteiger partial charge < -0.3 is 4.74 Å². The SMILES string of the molecule is O=Cc1ccc(OC(=O)Cc2cccs2)cc1. The quantitative estimate of drug-likeness (QED) is 0.473. The first-order valence-electron chi connectivity index (χ1n) is 5.06. The molecule has 1 aromatic heterocycles. The highest BCUT2D eigenvalue weighted by Gasteiger charge is 2.06. The summed E-state index contributed by atoms with van der Waals surface area (Å²) in [4.78, 5) is 23.0. The van der Waals surface area contributed by atoms with Crippen LogP contribution < -0.4 is 4.74 Å². The molecule has 0 aliphatic heterocycles. The van der Waals surface area contributed by atoms with Crippen molar-refractivity contribution in [1.82, 2.24) is 0 Å². The highest BCUT2D eigenvalue weighted by molar-refractivity contribution is 7.10. The van der Waals surface area contributed by atoms with Gasteiger partial charge in [-0.3, -0.25) is 9.59 Å². The first-order chi connectivity index (χ1) is 8.28. The second-order valence-electron chi connectivity index (χ2n) is 3.42. The lowest BCUT2D eigenvalue weighted by atomic mass is 10.2. The Hall–Kier alpha value is -1.94. The summed E-state index contributed by atoms with van der Waals surface area (Å²) >= 11 is 1.52. The number of hydrogen-bond donors (Lipinski definition) is 0. The Morgan fingerprint density at radius 2 is 2.00 bits per heavy atom. The van der Waals surface area contributed by atoms with Crippen LogP contribution in [0.1, 0.15) is 15.2 Å². The van der Waals surface area contributed by atoms with Crippen molar-refractivity contribution < 1.29 is 14.3 Å². The van der Waals surface area contributed by atoms with E-state index < -0.39 is 0 Å². The maximum absolute atomic E-state index is 11.5. The van der Waals surface area contributed by atoms with E-state index in [1.54, 1.807) is 24.3 Å². The zero-order chi connectivity index (χ0) is 12.1. The minimum atomic E-state index is -0.300. The molecule has 1 aromatic carbocycles. The number of benzene rings is 1. The highest BCUT2D eigenvalue weighted by Crippen LogP contribution is 2.14. The van der Waals surface area contributed by atoms with Crippen LogP contribution in [0.5, 0.6) is 5.75 Å². The molecule has 0 atom stereocenters. The fourth-order valence-electron chi connectivity index (χ4n) is 1.34. The Labute approximate surface area is 103 Å². The van der Waals surface area contributed by atoms with E-state index in [0.717, 1.165) is 11.2 Å². The summed E-state index contributed by atoms with van der Waals surface area (Å²) in [5, 5.41) is 1.92. The number of ether oxygens (including phenoxy) is 1. The highest BCUT2D eigenvalue weighted by atomic mass is 32.1. The molecule has 1 heterocycles. The number of rotatable bonds is 4.